The molecule has 0 bridgehead atoms. The van der Waals surface area contributed by atoms with Crippen LogP contribution >= 0.6 is 0 Å². The number of carbonyl (C=O) groups is 3. The van der Waals surface area contributed by atoms with Crippen molar-refractivity contribution < 1.29 is 24.2 Å². The predicted molar refractivity (Wildman–Crippen MR) is 90.4 cm³/mol. The summed E-state index contributed by atoms with van der Waals surface area (Å²) in [6.07, 6.45) is 1.02. The van der Waals surface area contributed by atoms with Gasteiger partial charge in [-0.1, -0.05) is 27.7 Å². The number of hydrogen-bond donors (Lipinski definition) is 4. The maximum absolute atomic E-state index is 12.4. The van der Waals surface area contributed by atoms with Crippen LogP contribution in [0.15, 0.2) is 0 Å². The van der Waals surface area contributed by atoms with E-state index in [2.05, 4.69) is 10.6 Å². The zero-order valence-electron chi connectivity index (χ0n) is 15.0. The third-order valence-electron chi connectivity index (χ3n) is 3.33. The number of unbranched alkanes of at least 4 members (excludes halogenated alkanes) is 1. The second-order valence-corrected chi connectivity index (χ2v) is 6.54. The van der Waals surface area contributed by atoms with E-state index in [4.69, 9.17) is 10.5 Å². The molecule has 8 nitrogen and oxygen atoms in total. The zero-order valence-corrected chi connectivity index (χ0v) is 15.0. The van der Waals surface area contributed by atoms with E-state index >= 15 is 0 Å². The highest BCUT2D eigenvalue weighted by Crippen LogP contribution is 2.06. The summed E-state index contributed by atoms with van der Waals surface area (Å²) < 4.78 is 5.02. The molecule has 140 valence electrons. The number of carboxylic acid groups (broad SMARTS) is 1. The summed E-state index contributed by atoms with van der Waals surface area (Å²) in [6, 6.07) is -1.86. The summed E-state index contributed by atoms with van der Waals surface area (Å²) in [7, 11) is 0. The lowest BCUT2D eigenvalue weighted by Crippen LogP contribution is -2.53. The molecule has 8 heteroatoms. The lowest BCUT2D eigenvalue weighted by Gasteiger charge is -2.23. The van der Waals surface area contributed by atoms with Crippen LogP contribution in [0.4, 0.5) is 4.79 Å². The van der Waals surface area contributed by atoms with Crippen LogP contribution in [0.25, 0.3) is 0 Å². The molecule has 0 rings (SSSR count). The smallest absolute Gasteiger partial charge is 0.407 e. The van der Waals surface area contributed by atoms with Gasteiger partial charge in [0, 0.05) is 0 Å². The van der Waals surface area contributed by atoms with Gasteiger partial charge in [0.25, 0.3) is 0 Å². The van der Waals surface area contributed by atoms with Crippen molar-refractivity contribution in [2.24, 2.45) is 17.6 Å². The van der Waals surface area contributed by atoms with Gasteiger partial charge < -0.3 is 26.2 Å². The third-order valence-corrected chi connectivity index (χ3v) is 3.33. The maximum atomic E-state index is 12.4. The fourth-order valence-corrected chi connectivity index (χ4v) is 1.96. The molecular formula is C16H31N3O5. The van der Waals surface area contributed by atoms with Crippen molar-refractivity contribution in [3.05, 3.63) is 0 Å². The molecule has 0 aliphatic rings. The van der Waals surface area contributed by atoms with Gasteiger partial charge in [0.2, 0.25) is 5.91 Å². The number of alkyl carbamates (subject to hydrolysis) is 1. The van der Waals surface area contributed by atoms with Crippen LogP contribution in [0.3, 0.4) is 0 Å². The Kier molecular flexibility index (Phi) is 10.8. The first-order valence-electron chi connectivity index (χ1n) is 8.35. The number of hydrogen-bond acceptors (Lipinski definition) is 5. The fourth-order valence-electron chi connectivity index (χ4n) is 1.96. The number of nitrogens with one attached hydrogen (secondary N) is 2. The van der Waals surface area contributed by atoms with Crippen LogP contribution in [0.1, 0.15) is 47.0 Å². The quantitative estimate of drug-likeness (QED) is 0.415. The topological polar surface area (TPSA) is 131 Å². The van der Waals surface area contributed by atoms with Gasteiger partial charge in [-0.15, -0.1) is 0 Å². The molecule has 0 aliphatic heterocycles. The maximum Gasteiger partial charge on any atom is 0.407 e. The first-order valence-corrected chi connectivity index (χ1v) is 8.35. The third kappa shape index (κ3) is 9.34. The Labute approximate surface area is 143 Å². The number of rotatable bonds is 11. The summed E-state index contributed by atoms with van der Waals surface area (Å²) in [5.74, 6) is -1.74. The summed E-state index contributed by atoms with van der Waals surface area (Å²) in [5, 5.41) is 14.2. The first kappa shape index (κ1) is 22.2. The number of carboxylic acids is 1. The second-order valence-electron chi connectivity index (χ2n) is 6.54. The van der Waals surface area contributed by atoms with E-state index in [0.29, 0.717) is 25.8 Å². The van der Waals surface area contributed by atoms with E-state index in [9.17, 15) is 19.5 Å². The lowest BCUT2D eigenvalue weighted by atomic mass is 10.0. The Bertz CT molecular complexity index is 413. The fraction of sp³-hybridized carbons (Fsp3) is 0.812. The predicted octanol–water partition coefficient (Wildman–Crippen LogP) is 1.09. The van der Waals surface area contributed by atoms with Crippen molar-refractivity contribution in [2.45, 2.75) is 59.0 Å². The molecular weight excluding hydrogens is 314 g/mol. The van der Waals surface area contributed by atoms with Crippen LogP contribution in [-0.2, 0) is 14.3 Å². The average molecular weight is 345 g/mol. The first-order chi connectivity index (χ1) is 11.2. The SMILES string of the molecule is CC(C)COC(=O)N[C@@H](CCCCN)C(=O)N[C@H](C(=O)O)C(C)C. The second kappa shape index (κ2) is 11.7. The molecule has 24 heavy (non-hydrogen) atoms. The van der Waals surface area contributed by atoms with Gasteiger partial charge >= 0.3 is 12.1 Å². The molecule has 0 aromatic carbocycles. The van der Waals surface area contributed by atoms with Crippen LogP contribution in [-0.4, -0.2) is 48.3 Å². The van der Waals surface area contributed by atoms with Gasteiger partial charge in [-0.2, -0.15) is 0 Å². The highest BCUT2D eigenvalue weighted by molar-refractivity contribution is 5.89. The van der Waals surface area contributed by atoms with Gasteiger partial charge in [-0.3, -0.25) is 4.79 Å². The zero-order chi connectivity index (χ0) is 18.7. The molecule has 0 saturated carbocycles. The van der Waals surface area contributed by atoms with Gasteiger partial charge in [0.1, 0.15) is 12.1 Å². The lowest BCUT2D eigenvalue weighted by molar-refractivity contribution is -0.143. The number of amides is 2. The van der Waals surface area contributed by atoms with E-state index in [0.717, 1.165) is 0 Å². The van der Waals surface area contributed by atoms with Gasteiger partial charge in [0.15, 0.2) is 0 Å². The van der Waals surface area contributed by atoms with Crippen LogP contribution in [0.2, 0.25) is 0 Å². The van der Waals surface area contributed by atoms with E-state index in [1.165, 1.54) is 0 Å². The average Bonchev–Trinajstić information content (AvgIpc) is 2.48. The van der Waals surface area contributed by atoms with Crippen molar-refractivity contribution in [1.82, 2.24) is 10.6 Å². The molecule has 2 amide bonds. The summed E-state index contributed by atoms with van der Waals surface area (Å²) in [6.45, 7) is 7.93. The normalized spacial score (nSPS) is 13.5. The minimum absolute atomic E-state index is 0.178. The van der Waals surface area contributed by atoms with Crippen molar-refractivity contribution in [2.75, 3.05) is 13.2 Å². The standard InChI is InChI=1S/C16H31N3O5/c1-10(2)9-24-16(23)18-12(7-5-6-8-17)14(20)19-13(11(3)4)15(21)22/h10-13H,5-9,17H2,1-4H3,(H,18,23)(H,19,20)(H,21,22)/t12-,13-/m0/s1. The number of carbonyl (C=O) groups excluding carboxylic acids is 2. The molecule has 0 spiro atoms. The van der Waals surface area contributed by atoms with Crippen LogP contribution in [0, 0.1) is 11.8 Å². The van der Waals surface area contributed by atoms with E-state index < -0.39 is 30.1 Å². The molecule has 0 saturated heterocycles. The minimum Gasteiger partial charge on any atom is -0.480 e. The Balaban J connectivity index is 4.80. The van der Waals surface area contributed by atoms with E-state index in [-0.39, 0.29) is 18.4 Å². The van der Waals surface area contributed by atoms with E-state index in [1.807, 2.05) is 13.8 Å². The molecule has 2 atom stereocenters. The molecule has 5 N–H and O–H groups in total. The summed E-state index contributed by atoms with van der Waals surface area (Å²) in [5.41, 5.74) is 5.44. The molecule has 0 aromatic heterocycles. The number of nitrogens with two attached hydrogens (primary N) is 1. The highest BCUT2D eigenvalue weighted by Gasteiger charge is 2.28. The number of aliphatic carboxylic acids is 1. The molecule has 0 aromatic rings. The summed E-state index contributed by atoms with van der Waals surface area (Å²) in [4.78, 5) is 35.4. The van der Waals surface area contributed by atoms with Crippen LogP contribution in [0.5, 0.6) is 0 Å². The van der Waals surface area contributed by atoms with Gasteiger partial charge in [-0.25, -0.2) is 9.59 Å². The van der Waals surface area contributed by atoms with Crippen molar-refractivity contribution in [3.8, 4) is 0 Å². The molecule has 0 aliphatic carbocycles. The van der Waals surface area contributed by atoms with Gasteiger partial charge in [-0.05, 0) is 37.6 Å². The highest BCUT2D eigenvalue weighted by atomic mass is 16.5. The Morgan fingerprint density at radius 2 is 1.71 bits per heavy atom. The Morgan fingerprint density at radius 3 is 2.17 bits per heavy atom. The van der Waals surface area contributed by atoms with Gasteiger partial charge in [0.05, 0.1) is 6.61 Å². The molecule has 0 fully saturated rings. The molecule has 0 unspecified atom stereocenters. The Morgan fingerprint density at radius 1 is 1.08 bits per heavy atom. The molecule has 0 radical (unpaired) electrons. The van der Waals surface area contributed by atoms with E-state index in [1.54, 1.807) is 13.8 Å². The van der Waals surface area contributed by atoms with Crippen molar-refractivity contribution in [3.63, 3.8) is 0 Å². The monoisotopic (exact) mass is 345 g/mol. The summed E-state index contributed by atoms with van der Waals surface area (Å²) >= 11 is 0. The van der Waals surface area contributed by atoms with Crippen molar-refractivity contribution in [1.29, 1.82) is 0 Å². The minimum atomic E-state index is -1.11. The largest absolute Gasteiger partial charge is 0.480 e. The number of ether oxygens (including phenoxy) is 1. The molecule has 0 heterocycles. The van der Waals surface area contributed by atoms with Crippen LogP contribution < -0.4 is 16.4 Å². The Hall–Kier alpha value is -1.83. The van der Waals surface area contributed by atoms with Crippen molar-refractivity contribution >= 4 is 18.0 Å².